The number of H-pyrrole nitrogens is 1. The Bertz CT molecular complexity index is 984. The minimum atomic E-state index is -0.901. The standard InChI is InChI=1S/C18H18FN3O7/c1-4-12-15(17(24)28-3)9(2)16(21-12)18(25)29-8-14(23)20-13-7-10(22(26)27)5-6-11(13)19/h5-7,21H,4,8H2,1-3H3,(H,20,23). The van der Waals surface area contributed by atoms with Crippen molar-refractivity contribution in [3.05, 3.63) is 56.6 Å². The van der Waals surface area contributed by atoms with Crippen LogP contribution in [0, 0.1) is 22.9 Å². The quantitative estimate of drug-likeness (QED) is 0.408. The van der Waals surface area contributed by atoms with Crippen LogP contribution in [-0.2, 0) is 20.7 Å². The Morgan fingerprint density at radius 3 is 2.55 bits per heavy atom. The largest absolute Gasteiger partial charge is 0.465 e. The number of amides is 1. The van der Waals surface area contributed by atoms with Gasteiger partial charge in [-0.25, -0.2) is 14.0 Å². The van der Waals surface area contributed by atoms with Gasteiger partial charge in [-0.2, -0.15) is 0 Å². The summed E-state index contributed by atoms with van der Waals surface area (Å²) >= 11 is 0. The number of rotatable bonds is 7. The first kappa shape index (κ1) is 21.5. The molecule has 0 aliphatic carbocycles. The van der Waals surface area contributed by atoms with E-state index in [1.807, 2.05) is 0 Å². The van der Waals surface area contributed by atoms with Gasteiger partial charge in [-0.05, 0) is 25.0 Å². The molecule has 2 N–H and O–H groups in total. The van der Waals surface area contributed by atoms with E-state index < -0.39 is 46.6 Å². The van der Waals surface area contributed by atoms with Gasteiger partial charge in [0.05, 0.1) is 23.3 Å². The molecule has 0 spiro atoms. The van der Waals surface area contributed by atoms with Crippen LogP contribution in [0.15, 0.2) is 18.2 Å². The fourth-order valence-corrected chi connectivity index (χ4v) is 2.62. The summed E-state index contributed by atoms with van der Waals surface area (Å²) < 4.78 is 23.3. The number of nitrogens with zero attached hydrogens (tertiary/aromatic N) is 1. The predicted molar refractivity (Wildman–Crippen MR) is 98.2 cm³/mol. The summed E-state index contributed by atoms with van der Waals surface area (Å²) in [6.45, 7) is 2.53. The predicted octanol–water partition coefficient (Wildman–Crippen LogP) is 2.51. The van der Waals surface area contributed by atoms with Gasteiger partial charge in [0.2, 0.25) is 0 Å². The molecule has 1 aromatic heterocycles. The molecule has 0 fully saturated rings. The Morgan fingerprint density at radius 1 is 1.28 bits per heavy atom. The van der Waals surface area contributed by atoms with Crippen LogP contribution in [0.25, 0.3) is 0 Å². The zero-order valence-corrected chi connectivity index (χ0v) is 15.8. The van der Waals surface area contributed by atoms with Crippen LogP contribution in [0.5, 0.6) is 0 Å². The lowest BCUT2D eigenvalue weighted by atomic mass is 10.1. The molecule has 1 amide bonds. The molecule has 0 saturated heterocycles. The van der Waals surface area contributed by atoms with Gasteiger partial charge >= 0.3 is 11.9 Å². The van der Waals surface area contributed by atoms with Crippen LogP contribution < -0.4 is 5.32 Å². The van der Waals surface area contributed by atoms with E-state index in [4.69, 9.17) is 9.47 Å². The lowest BCUT2D eigenvalue weighted by molar-refractivity contribution is -0.384. The number of nitro benzene ring substituents is 1. The average molecular weight is 407 g/mol. The molecule has 1 heterocycles. The van der Waals surface area contributed by atoms with Crippen molar-refractivity contribution < 1.29 is 33.2 Å². The topological polar surface area (TPSA) is 141 Å². The first-order chi connectivity index (χ1) is 13.7. The highest BCUT2D eigenvalue weighted by Crippen LogP contribution is 2.22. The molecular formula is C18H18FN3O7. The van der Waals surface area contributed by atoms with E-state index in [1.165, 1.54) is 14.0 Å². The number of methoxy groups -OCH3 is 1. The lowest BCUT2D eigenvalue weighted by Crippen LogP contribution is -2.22. The number of benzene rings is 1. The lowest BCUT2D eigenvalue weighted by Gasteiger charge is -2.07. The number of carbonyl (C=O) groups is 3. The highest BCUT2D eigenvalue weighted by Gasteiger charge is 2.25. The summed E-state index contributed by atoms with van der Waals surface area (Å²) in [5, 5.41) is 12.8. The second-order valence-corrected chi connectivity index (χ2v) is 5.87. The fraction of sp³-hybridized carbons (Fsp3) is 0.278. The molecule has 11 heteroatoms. The Hall–Kier alpha value is -3.76. The number of esters is 2. The van der Waals surface area contributed by atoms with Crippen molar-refractivity contribution in [3.63, 3.8) is 0 Å². The maximum absolute atomic E-state index is 13.7. The van der Waals surface area contributed by atoms with E-state index in [1.54, 1.807) is 6.92 Å². The monoisotopic (exact) mass is 407 g/mol. The highest BCUT2D eigenvalue weighted by atomic mass is 19.1. The number of non-ortho nitro benzene ring substituents is 1. The minimum Gasteiger partial charge on any atom is -0.465 e. The van der Waals surface area contributed by atoms with E-state index in [-0.39, 0.29) is 11.3 Å². The number of aromatic nitrogens is 1. The number of hydrogen-bond donors (Lipinski definition) is 2. The zero-order chi connectivity index (χ0) is 21.7. The molecule has 29 heavy (non-hydrogen) atoms. The molecule has 0 aliphatic heterocycles. The van der Waals surface area contributed by atoms with Crippen molar-refractivity contribution in [2.75, 3.05) is 19.0 Å². The van der Waals surface area contributed by atoms with E-state index in [0.717, 1.165) is 18.2 Å². The van der Waals surface area contributed by atoms with Crippen LogP contribution in [-0.4, -0.2) is 41.5 Å². The summed E-state index contributed by atoms with van der Waals surface area (Å²) in [6.07, 6.45) is 0.422. The van der Waals surface area contributed by atoms with Gasteiger partial charge in [0, 0.05) is 17.8 Å². The number of hydrogen-bond acceptors (Lipinski definition) is 7. The first-order valence-corrected chi connectivity index (χ1v) is 8.40. The molecular weight excluding hydrogens is 389 g/mol. The molecule has 0 unspecified atom stereocenters. The average Bonchev–Trinajstić information content (AvgIpc) is 3.03. The second kappa shape index (κ2) is 8.95. The van der Waals surface area contributed by atoms with Crippen LogP contribution in [0.1, 0.15) is 39.0 Å². The molecule has 0 radical (unpaired) electrons. The molecule has 2 aromatic rings. The number of ether oxygens (including phenoxy) is 2. The Morgan fingerprint density at radius 2 is 1.97 bits per heavy atom. The minimum absolute atomic E-state index is 0.0171. The molecule has 0 bridgehead atoms. The van der Waals surface area contributed by atoms with Crippen molar-refractivity contribution in [1.29, 1.82) is 0 Å². The van der Waals surface area contributed by atoms with Gasteiger partial charge in [-0.1, -0.05) is 6.92 Å². The summed E-state index contributed by atoms with van der Waals surface area (Å²) in [6, 6.07) is 2.63. The molecule has 0 aliphatic rings. The van der Waals surface area contributed by atoms with Crippen molar-refractivity contribution in [3.8, 4) is 0 Å². The highest BCUT2D eigenvalue weighted by molar-refractivity contribution is 6.00. The third-order valence-corrected chi connectivity index (χ3v) is 4.04. The maximum atomic E-state index is 13.7. The summed E-state index contributed by atoms with van der Waals surface area (Å²) in [5.41, 5.74) is 0.149. The van der Waals surface area contributed by atoms with E-state index in [2.05, 4.69) is 10.3 Å². The number of nitro groups is 1. The number of carbonyl (C=O) groups excluding carboxylic acids is 3. The van der Waals surface area contributed by atoms with Crippen molar-refractivity contribution in [2.24, 2.45) is 0 Å². The van der Waals surface area contributed by atoms with Crippen molar-refractivity contribution in [2.45, 2.75) is 20.3 Å². The van der Waals surface area contributed by atoms with Gasteiger partial charge in [0.25, 0.3) is 11.6 Å². The van der Waals surface area contributed by atoms with Crippen LogP contribution in [0.2, 0.25) is 0 Å². The Kier molecular flexibility index (Phi) is 6.65. The molecule has 2 rings (SSSR count). The number of halogens is 1. The van der Waals surface area contributed by atoms with E-state index in [9.17, 15) is 28.9 Å². The number of anilines is 1. The van der Waals surface area contributed by atoms with Crippen LogP contribution in [0.4, 0.5) is 15.8 Å². The number of aryl methyl sites for hydroxylation is 1. The SMILES string of the molecule is CCc1[nH]c(C(=O)OCC(=O)Nc2cc([N+](=O)[O-])ccc2F)c(C)c1C(=O)OC. The normalized spacial score (nSPS) is 10.3. The van der Waals surface area contributed by atoms with E-state index in [0.29, 0.717) is 17.7 Å². The maximum Gasteiger partial charge on any atom is 0.355 e. The van der Waals surface area contributed by atoms with Gasteiger partial charge in [-0.3, -0.25) is 14.9 Å². The molecule has 1 aromatic carbocycles. The van der Waals surface area contributed by atoms with Crippen LogP contribution in [0.3, 0.4) is 0 Å². The number of nitrogens with one attached hydrogen (secondary N) is 2. The summed E-state index contributed by atoms with van der Waals surface area (Å²) in [4.78, 5) is 48.9. The molecule has 0 saturated carbocycles. The third kappa shape index (κ3) is 4.75. The van der Waals surface area contributed by atoms with Gasteiger partial charge in [0.1, 0.15) is 11.5 Å². The summed E-state index contributed by atoms with van der Waals surface area (Å²) in [7, 11) is 1.21. The number of aromatic amines is 1. The zero-order valence-electron chi connectivity index (χ0n) is 15.8. The molecule has 154 valence electrons. The van der Waals surface area contributed by atoms with Gasteiger partial charge < -0.3 is 19.8 Å². The van der Waals surface area contributed by atoms with Crippen LogP contribution >= 0.6 is 0 Å². The summed E-state index contributed by atoms with van der Waals surface area (Å²) in [5.74, 6) is -3.30. The Labute approximate surface area is 164 Å². The Balaban J connectivity index is 2.09. The fourth-order valence-electron chi connectivity index (χ4n) is 2.62. The van der Waals surface area contributed by atoms with Crippen molar-refractivity contribution >= 4 is 29.2 Å². The van der Waals surface area contributed by atoms with E-state index >= 15 is 0 Å². The first-order valence-electron chi connectivity index (χ1n) is 8.40. The third-order valence-electron chi connectivity index (χ3n) is 4.04. The van der Waals surface area contributed by atoms with Gasteiger partial charge in [0.15, 0.2) is 6.61 Å². The second-order valence-electron chi connectivity index (χ2n) is 5.87. The molecule has 10 nitrogen and oxygen atoms in total. The molecule has 0 atom stereocenters. The smallest absolute Gasteiger partial charge is 0.355 e. The van der Waals surface area contributed by atoms with Gasteiger partial charge in [-0.15, -0.1) is 0 Å². The van der Waals surface area contributed by atoms with Crippen molar-refractivity contribution in [1.82, 2.24) is 4.98 Å².